The first-order valence-corrected chi connectivity index (χ1v) is 10.2. The predicted octanol–water partition coefficient (Wildman–Crippen LogP) is 3.62. The first-order chi connectivity index (χ1) is 7.32. The van der Waals surface area contributed by atoms with E-state index in [1.54, 1.807) is 5.57 Å². The van der Waals surface area contributed by atoms with Crippen LogP contribution in [0, 0.1) is 17.3 Å². The van der Waals surface area contributed by atoms with Gasteiger partial charge in [-0.2, -0.15) is 0 Å². The van der Waals surface area contributed by atoms with Crippen LogP contribution in [0.5, 0.6) is 0 Å². The summed E-state index contributed by atoms with van der Waals surface area (Å²) in [5.74, 6) is 1.78. The number of ether oxygens (including phenoxy) is 1. The van der Waals surface area contributed by atoms with Gasteiger partial charge in [0.15, 0.2) is 0 Å². The van der Waals surface area contributed by atoms with Crippen molar-refractivity contribution in [3.05, 3.63) is 11.6 Å². The Bertz CT molecular complexity index is 350. The molecule has 4 rings (SSSR count). The van der Waals surface area contributed by atoms with E-state index in [9.17, 15) is 0 Å². The maximum absolute atomic E-state index is 6.00. The molecular weight excluding hydrogens is 212 g/mol. The van der Waals surface area contributed by atoms with E-state index in [0.29, 0.717) is 17.2 Å². The Balaban J connectivity index is 1.77. The molecule has 0 spiro atoms. The smallest absolute Gasteiger partial charge is 0.102 e. The molecule has 0 radical (unpaired) electrons. The Hall–Kier alpha value is -0.0831. The van der Waals surface area contributed by atoms with Crippen molar-refractivity contribution in [3.63, 3.8) is 0 Å². The fourth-order valence-electron chi connectivity index (χ4n) is 3.74. The second-order valence-corrected chi connectivity index (χ2v) is 12.9. The summed E-state index contributed by atoms with van der Waals surface area (Å²) < 4.78 is 6.00. The summed E-state index contributed by atoms with van der Waals surface area (Å²) in [6.45, 7) is 12.2. The second kappa shape index (κ2) is 3.02. The highest BCUT2D eigenvalue weighted by molar-refractivity contribution is 6.78. The lowest BCUT2D eigenvalue weighted by molar-refractivity contribution is -0.00989. The van der Waals surface area contributed by atoms with Gasteiger partial charge in [-0.3, -0.25) is 0 Å². The van der Waals surface area contributed by atoms with Crippen LogP contribution in [0.2, 0.25) is 19.6 Å². The van der Waals surface area contributed by atoms with Crippen LogP contribution in [0.25, 0.3) is 0 Å². The van der Waals surface area contributed by atoms with E-state index in [-0.39, 0.29) is 0 Å². The minimum Gasteiger partial charge on any atom is -0.369 e. The summed E-state index contributed by atoms with van der Waals surface area (Å²) >= 11 is 0. The van der Waals surface area contributed by atoms with Crippen LogP contribution >= 0.6 is 0 Å². The summed E-state index contributed by atoms with van der Waals surface area (Å²) in [6.07, 6.45) is 5.75. The molecule has 2 heteroatoms. The SMILES string of the molecule is CC1(C)[C@@H]2CC=C(C3OC3[Si](C)(C)C)[C@H]1C2. The molecule has 1 nitrogen and oxygen atoms in total. The van der Waals surface area contributed by atoms with E-state index < -0.39 is 8.07 Å². The van der Waals surface area contributed by atoms with E-state index >= 15 is 0 Å². The first-order valence-electron chi connectivity index (χ1n) is 6.67. The molecular formula is C14H24OSi. The van der Waals surface area contributed by atoms with Gasteiger partial charge in [-0.05, 0) is 35.7 Å². The average Bonchev–Trinajstić information content (AvgIpc) is 2.96. The van der Waals surface area contributed by atoms with Crippen LogP contribution in [0.4, 0.5) is 0 Å². The normalized spacial score (nSPS) is 44.7. The van der Waals surface area contributed by atoms with Crippen LogP contribution in [-0.4, -0.2) is 19.9 Å². The highest BCUT2D eigenvalue weighted by Gasteiger charge is 2.58. The van der Waals surface area contributed by atoms with Gasteiger partial charge in [-0.15, -0.1) is 0 Å². The molecule has 1 saturated carbocycles. The second-order valence-electron chi connectivity index (χ2n) is 7.59. The molecule has 0 aromatic carbocycles. The molecule has 0 aromatic heterocycles. The molecule has 0 aromatic rings. The number of rotatable bonds is 2. The molecule has 1 aliphatic heterocycles. The summed E-state index contributed by atoms with van der Waals surface area (Å²) in [5, 5.41) is 0. The van der Waals surface area contributed by atoms with Gasteiger partial charge in [0, 0.05) is 0 Å². The Labute approximate surface area is 100 Å². The maximum atomic E-state index is 6.00. The summed E-state index contributed by atoms with van der Waals surface area (Å²) in [6, 6.07) is 0. The lowest BCUT2D eigenvalue weighted by Crippen LogP contribution is -2.49. The predicted molar refractivity (Wildman–Crippen MR) is 70.1 cm³/mol. The Morgan fingerprint density at radius 1 is 1.31 bits per heavy atom. The Morgan fingerprint density at radius 2 is 2.00 bits per heavy atom. The fourth-order valence-corrected chi connectivity index (χ4v) is 5.40. The highest BCUT2D eigenvalue weighted by Crippen LogP contribution is 2.61. The molecule has 2 unspecified atom stereocenters. The number of epoxide rings is 1. The molecule has 16 heavy (non-hydrogen) atoms. The van der Waals surface area contributed by atoms with Crippen molar-refractivity contribution in [2.24, 2.45) is 17.3 Å². The maximum Gasteiger partial charge on any atom is 0.102 e. The fraction of sp³-hybridized carbons (Fsp3) is 0.857. The van der Waals surface area contributed by atoms with Gasteiger partial charge in [0.1, 0.15) is 6.10 Å². The Morgan fingerprint density at radius 3 is 2.44 bits per heavy atom. The molecule has 4 atom stereocenters. The quantitative estimate of drug-likeness (QED) is 0.405. The zero-order chi connectivity index (χ0) is 11.7. The molecule has 4 aliphatic rings. The summed E-state index contributed by atoms with van der Waals surface area (Å²) in [7, 11) is -1.09. The average molecular weight is 236 g/mol. The van der Waals surface area contributed by atoms with Crippen molar-refractivity contribution in [3.8, 4) is 0 Å². The van der Waals surface area contributed by atoms with Crippen LogP contribution in [-0.2, 0) is 4.74 Å². The van der Waals surface area contributed by atoms with E-state index in [1.165, 1.54) is 12.8 Å². The summed E-state index contributed by atoms with van der Waals surface area (Å²) in [5.41, 5.74) is 2.83. The standard InChI is InChI=1S/C14H24OSi/c1-14(2)9-6-7-10(11(14)8-9)12-13(15-12)16(3,4)5/h7,9,11-13H,6,8H2,1-5H3/t9-,11-,12?,13?/m1/s1. The van der Waals surface area contributed by atoms with Gasteiger partial charge in [-0.1, -0.05) is 39.6 Å². The van der Waals surface area contributed by atoms with Crippen LogP contribution in [0.15, 0.2) is 11.6 Å². The highest BCUT2D eigenvalue weighted by atomic mass is 28.3. The van der Waals surface area contributed by atoms with Crippen molar-refractivity contribution >= 4 is 8.07 Å². The number of fused-ring (bicyclic) bond motifs is 1. The molecule has 0 N–H and O–H groups in total. The molecule has 3 aliphatic carbocycles. The zero-order valence-electron chi connectivity index (χ0n) is 11.2. The van der Waals surface area contributed by atoms with Gasteiger partial charge in [-0.25, -0.2) is 0 Å². The van der Waals surface area contributed by atoms with Gasteiger partial charge >= 0.3 is 0 Å². The van der Waals surface area contributed by atoms with Crippen molar-refractivity contribution in [2.45, 2.75) is 58.2 Å². The largest absolute Gasteiger partial charge is 0.369 e. The molecule has 1 saturated heterocycles. The van der Waals surface area contributed by atoms with E-state index in [1.807, 2.05) is 0 Å². The van der Waals surface area contributed by atoms with Crippen molar-refractivity contribution in [2.75, 3.05) is 0 Å². The lowest BCUT2D eigenvalue weighted by Gasteiger charge is -2.56. The van der Waals surface area contributed by atoms with E-state index in [0.717, 1.165) is 11.8 Å². The minimum absolute atomic E-state index is 0.511. The molecule has 2 fully saturated rings. The van der Waals surface area contributed by atoms with Crippen LogP contribution in [0.3, 0.4) is 0 Å². The Kier molecular flexibility index (Phi) is 2.08. The van der Waals surface area contributed by atoms with Crippen LogP contribution < -0.4 is 0 Å². The van der Waals surface area contributed by atoms with Crippen LogP contribution in [0.1, 0.15) is 26.7 Å². The van der Waals surface area contributed by atoms with Crippen molar-refractivity contribution < 1.29 is 4.74 Å². The van der Waals surface area contributed by atoms with Gasteiger partial charge in [0.05, 0.1) is 13.8 Å². The van der Waals surface area contributed by atoms with E-state index in [2.05, 4.69) is 39.6 Å². The van der Waals surface area contributed by atoms with Gasteiger partial charge in [0.25, 0.3) is 0 Å². The first kappa shape index (κ1) is 11.0. The molecule has 1 heterocycles. The lowest BCUT2D eigenvalue weighted by atomic mass is 9.48. The number of hydrogen-bond donors (Lipinski definition) is 0. The van der Waals surface area contributed by atoms with Gasteiger partial charge in [0.2, 0.25) is 0 Å². The summed E-state index contributed by atoms with van der Waals surface area (Å²) in [4.78, 5) is 0. The van der Waals surface area contributed by atoms with E-state index in [4.69, 9.17) is 4.74 Å². The van der Waals surface area contributed by atoms with Crippen molar-refractivity contribution in [1.82, 2.24) is 0 Å². The third-order valence-corrected chi connectivity index (χ3v) is 7.33. The zero-order valence-corrected chi connectivity index (χ0v) is 12.2. The topological polar surface area (TPSA) is 12.5 Å². The number of allylic oxidation sites excluding steroid dienone is 1. The third-order valence-electron chi connectivity index (χ3n) is 5.18. The van der Waals surface area contributed by atoms with Gasteiger partial charge < -0.3 is 4.74 Å². The monoisotopic (exact) mass is 236 g/mol. The third kappa shape index (κ3) is 1.39. The molecule has 90 valence electrons. The minimum atomic E-state index is -1.09. The number of hydrogen-bond acceptors (Lipinski definition) is 1. The molecule has 0 amide bonds. The van der Waals surface area contributed by atoms with Crippen molar-refractivity contribution in [1.29, 1.82) is 0 Å². The molecule has 2 bridgehead atoms.